The van der Waals surface area contributed by atoms with Gasteiger partial charge in [0.25, 0.3) is 11.6 Å². The summed E-state index contributed by atoms with van der Waals surface area (Å²) in [6, 6.07) is 14.4. The number of nitrogens with zero attached hydrogens (tertiary/aromatic N) is 2. The molecular weight excluding hydrogens is 324 g/mol. The van der Waals surface area contributed by atoms with Crippen LogP contribution in [0.25, 0.3) is 0 Å². The summed E-state index contributed by atoms with van der Waals surface area (Å²) in [6.07, 6.45) is 3.24. The van der Waals surface area contributed by atoms with Crippen LogP contribution in [0.15, 0.2) is 42.5 Å². The monoisotopic (exact) mass is 351 g/mol. The van der Waals surface area contributed by atoms with Crippen LogP contribution in [0.2, 0.25) is 0 Å². The van der Waals surface area contributed by atoms with Gasteiger partial charge in [-0.15, -0.1) is 0 Å². The van der Waals surface area contributed by atoms with Crippen molar-refractivity contribution in [3.8, 4) is 5.75 Å². The van der Waals surface area contributed by atoms with Crippen LogP contribution in [0.1, 0.15) is 36.0 Å². The lowest BCUT2D eigenvalue weighted by Crippen LogP contribution is -2.42. The second kappa shape index (κ2) is 6.44. The zero-order valence-electron chi connectivity index (χ0n) is 15.8. The molecule has 2 aromatic rings. The highest BCUT2D eigenvalue weighted by atomic mass is 16.5. The van der Waals surface area contributed by atoms with E-state index in [1.807, 2.05) is 18.2 Å². The van der Waals surface area contributed by atoms with E-state index in [1.54, 1.807) is 7.11 Å². The Morgan fingerprint density at radius 1 is 1.12 bits per heavy atom. The van der Waals surface area contributed by atoms with Crippen molar-refractivity contribution in [2.75, 3.05) is 25.1 Å². The number of benzene rings is 2. The number of rotatable bonds is 3. The SMILES string of the molecule is COc1ccccc1N1C[C@](O)(c2ccc(C)cc2C)[N+]2=C1CCCC2. The topological polar surface area (TPSA) is 35.7 Å². The lowest BCUT2D eigenvalue weighted by atomic mass is 9.95. The highest BCUT2D eigenvalue weighted by Crippen LogP contribution is 2.39. The molecule has 1 atom stereocenters. The van der Waals surface area contributed by atoms with Crippen LogP contribution in [0, 0.1) is 13.8 Å². The second-order valence-corrected chi connectivity index (χ2v) is 7.42. The van der Waals surface area contributed by atoms with E-state index in [1.165, 1.54) is 11.4 Å². The number of ether oxygens (including phenoxy) is 1. The molecule has 0 aromatic heterocycles. The predicted molar refractivity (Wildman–Crippen MR) is 104 cm³/mol. The molecule has 4 rings (SSSR count). The largest absolute Gasteiger partial charge is 0.492 e. The number of hydrogen-bond acceptors (Lipinski definition) is 3. The summed E-state index contributed by atoms with van der Waals surface area (Å²) in [7, 11) is 1.70. The van der Waals surface area contributed by atoms with Crippen molar-refractivity contribution in [2.24, 2.45) is 0 Å². The van der Waals surface area contributed by atoms with Gasteiger partial charge in [0.1, 0.15) is 0 Å². The summed E-state index contributed by atoms with van der Waals surface area (Å²) in [6.45, 7) is 5.59. The molecule has 2 aliphatic rings. The van der Waals surface area contributed by atoms with E-state index < -0.39 is 5.72 Å². The highest BCUT2D eigenvalue weighted by molar-refractivity contribution is 5.97. The Morgan fingerprint density at radius 3 is 2.69 bits per heavy atom. The Morgan fingerprint density at radius 2 is 1.92 bits per heavy atom. The first kappa shape index (κ1) is 17.1. The summed E-state index contributed by atoms with van der Waals surface area (Å²) in [5, 5.41) is 11.8. The molecule has 0 fully saturated rings. The van der Waals surface area contributed by atoms with Gasteiger partial charge in [-0.2, -0.15) is 0 Å². The number of amidine groups is 1. The average Bonchev–Trinajstić information content (AvgIpc) is 2.95. The summed E-state index contributed by atoms with van der Waals surface area (Å²) in [5.41, 5.74) is 3.38. The van der Waals surface area contributed by atoms with E-state index in [0.29, 0.717) is 6.54 Å². The molecule has 2 aromatic carbocycles. The molecule has 0 bridgehead atoms. The predicted octanol–water partition coefficient (Wildman–Crippen LogP) is 3.57. The minimum Gasteiger partial charge on any atom is -0.492 e. The standard InChI is InChI=1S/C22H27N2O2/c1-16-11-12-18(17(2)14-16)22(25)15-23(21-10-6-7-13-24(21)22)19-8-4-5-9-20(19)26-3/h4-5,8-9,11-12,14,25H,6-7,10,13,15H2,1-3H3/q+1/t22-/m0/s1. The van der Waals surface area contributed by atoms with E-state index in [2.05, 4.69) is 47.6 Å². The Hall–Kier alpha value is -2.33. The van der Waals surface area contributed by atoms with Crippen molar-refractivity contribution < 1.29 is 14.4 Å². The molecule has 1 N–H and O–H groups in total. The molecule has 0 spiro atoms. The molecule has 0 unspecified atom stereocenters. The summed E-state index contributed by atoms with van der Waals surface area (Å²) in [4.78, 5) is 2.25. The number of aryl methyl sites for hydroxylation is 2. The molecule has 0 saturated carbocycles. The zero-order valence-corrected chi connectivity index (χ0v) is 15.8. The third-order valence-corrected chi connectivity index (χ3v) is 5.67. The Kier molecular flexibility index (Phi) is 4.23. The highest BCUT2D eigenvalue weighted by Gasteiger charge is 2.53. The molecule has 2 heterocycles. The molecule has 2 aliphatic heterocycles. The average molecular weight is 351 g/mol. The van der Waals surface area contributed by atoms with Gasteiger partial charge in [0.05, 0.1) is 13.7 Å². The normalized spacial score (nSPS) is 22.5. The fraction of sp³-hybridized carbons (Fsp3) is 0.409. The first-order valence-corrected chi connectivity index (χ1v) is 9.39. The van der Waals surface area contributed by atoms with Crippen molar-refractivity contribution in [3.05, 3.63) is 59.2 Å². The van der Waals surface area contributed by atoms with Gasteiger partial charge in [-0.3, -0.25) is 0 Å². The van der Waals surface area contributed by atoms with E-state index in [-0.39, 0.29) is 0 Å². The number of hydrogen-bond donors (Lipinski definition) is 1. The van der Waals surface area contributed by atoms with Gasteiger partial charge in [0, 0.05) is 12.0 Å². The molecule has 4 heteroatoms. The van der Waals surface area contributed by atoms with Crippen LogP contribution in [-0.4, -0.2) is 35.7 Å². The van der Waals surface area contributed by atoms with Gasteiger partial charge in [0.2, 0.25) is 0 Å². The van der Waals surface area contributed by atoms with Crippen molar-refractivity contribution in [2.45, 2.75) is 38.8 Å². The maximum atomic E-state index is 11.8. The van der Waals surface area contributed by atoms with Crippen LogP contribution >= 0.6 is 0 Å². The number of β-amino-alcohol motifs (C(OH)–C–C–N with tert-alkyl or cyclic N) is 1. The van der Waals surface area contributed by atoms with Crippen LogP contribution in [0.3, 0.4) is 0 Å². The summed E-state index contributed by atoms with van der Waals surface area (Å²) >= 11 is 0. The molecule has 0 saturated heterocycles. The first-order valence-electron chi connectivity index (χ1n) is 9.39. The van der Waals surface area contributed by atoms with Crippen LogP contribution in [0.5, 0.6) is 5.75 Å². The van der Waals surface area contributed by atoms with Gasteiger partial charge in [-0.05, 0) is 44.4 Å². The van der Waals surface area contributed by atoms with E-state index in [4.69, 9.17) is 4.74 Å². The maximum Gasteiger partial charge on any atom is 0.271 e. The second-order valence-electron chi connectivity index (χ2n) is 7.42. The summed E-state index contributed by atoms with van der Waals surface area (Å²) < 4.78 is 7.80. The molecule has 0 amide bonds. The number of para-hydroxylation sites is 2. The van der Waals surface area contributed by atoms with E-state index in [9.17, 15) is 5.11 Å². The third-order valence-electron chi connectivity index (χ3n) is 5.67. The van der Waals surface area contributed by atoms with Crippen LogP contribution in [-0.2, 0) is 5.72 Å². The third kappa shape index (κ3) is 2.60. The molecule has 26 heavy (non-hydrogen) atoms. The van der Waals surface area contributed by atoms with Gasteiger partial charge < -0.3 is 9.84 Å². The molecule has 0 aliphatic carbocycles. The Balaban J connectivity index is 1.85. The molecule has 0 radical (unpaired) electrons. The minimum atomic E-state index is -1.01. The molecule has 136 valence electrons. The number of aliphatic hydroxyl groups is 1. The van der Waals surface area contributed by atoms with Crippen LogP contribution in [0.4, 0.5) is 5.69 Å². The van der Waals surface area contributed by atoms with Crippen LogP contribution < -0.4 is 9.64 Å². The van der Waals surface area contributed by atoms with Gasteiger partial charge in [0.15, 0.2) is 18.0 Å². The van der Waals surface area contributed by atoms with Crippen molar-refractivity contribution in [3.63, 3.8) is 0 Å². The van der Waals surface area contributed by atoms with Crippen molar-refractivity contribution in [1.82, 2.24) is 0 Å². The molecular formula is C22H27N2O2+. The number of anilines is 1. The smallest absolute Gasteiger partial charge is 0.271 e. The van der Waals surface area contributed by atoms with E-state index >= 15 is 0 Å². The Labute approximate surface area is 155 Å². The van der Waals surface area contributed by atoms with Gasteiger partial charge in [-0.1, -0.05) is 35.9 Å². The van der Waals surface area contributed by atoms with Crippen molar-refractivity contribution >= 4 is 11.5 Å². The van der Waals surface area contributed by atoms with Crippen molar-refractivity contribution in [1.29, 1.82) is 0 Å². The quantitative estimate of drug-likeness (QED) is 0.859. The Bertz CT molecular complexity index is 874. The van der Waals surface area contributed by atoms with Gasteiger partial charge >= 0.3 is 0 Å². The lowest BCUT2D eigenvalue weighted by Gasteiger charge is -2.26. The fourth-order valence-corrected chi connectivity index (χ4v) is 4.46. The van der Waals surface area contributed by atoms with Gasteiger partial charge in [-0.25, -0.2) is 9.48 Å². The molecule has 4 nitrogen and oxygen atoms in total. The first-order chi connectivity index (χ1) is 12.5. The summed E-state index contributed by atoms with van der Waals surface area (Å²) in [5.74, 6) is 2.04. The maximum absolute atomic E-state index is 11.8. The zero-order chi connectivity index (χ0) is 18.3. The fourth-order valence-electron chi connectivity index (χ4n) is 4.46. The lowest BCUT2D eigenvalue weighted by molar-refractivity contribution is -0.661. The number of methoxy groups -OCH3 is 1. The van der Waals surface area contributed by atoms with E-state index in [0.717, 1.165) is 48.4 Å². The minimum absolute atomic E-state index is 0.520.